The van der Waals surface area contributed by atoms with Gasteiger partial charge in [-0.2, -0.15) is 0 Å². The van der Waals surface area contributed by atoms with Crippen molar-refractivity contribution in [2.24, 2.45) is 21.7 Å². The molecule has 7 heteroatoms. The molecule has 0 saturated heterocycles. The molecule has 0 aliphatic heterocycles. The van der Waals surface area contributed by atoms with Crippen LogP contribution in [-0.4, -0.2) is 11.8 Å². The number of guanidine groups is 1. The van der Waals surface area contributed by atoms with E-state index in [4.69, 9.17) is 34.7 Å². The van der Waals surface area contributed by atoms with Crippen LogP contribution in [0.3, 0.4) is 0 Å². The third-order valence-corrected chi connectivity index (χ3v) is 2.51. The van der Waals surface area contributed by atoms with Crippen LogP contribution in [0.2, 0.25) is 10.0 Å². The minimum absolute atomic E-state index is 0.141. The summed E-state index contributed by atoms with van der Waals surface area (Å²) in [5.74, 6) is 0.304. The molecule has 0 aliphatic rings. The number of amidine groups is 1. The summed E-state index contributed by atoms with van der Waals surface area (Å²) in [4.78, 5) is 0. The smallest absolute Gasteiger partial charge is 0.226 e. The molecule has 1 aromatic rings. The fourth-order valence-corrected chi connectivity index (χ4v) is 1.42. The summed E-state index contributed by atoms with van der Waals surface area (Å²) < 4.78 is 0. The number of hydrogen-bond acceptors (Lipinski definition) is 2. The topological polar surface area (TPSA) is 93.4 Å². The largest absolute Gasteiger partial charge is 0.427 e. The van der Waals surface area contributed by atoms with Crippen molar-refractivity contribution < 1.29 is 5.32 Å². The van der Waals surface area contributed by atoms with Crippen LogP contribution >= 0.6 is 23.2 Å². The van der Waals surface area contributed by atoms with Crippen LogP contribution in [0.15, 0.2) is 28.4 Å². The number of nitrogens with two attached hydrogens (primary N) is 3. The van der Waals surface area contributed by atoms with Crippen molar-refractivity contribution in [2.45, 2.75) is 0 Å². The van der Waals surface area contributed by atoms with Crippen molar-refractivity contribution in [2.75, 3.05) is 0 Å². The van der Waals surface area contributed by atoms with Crippen LogP contribution in [0.25, 0.3) is 0 Å². The average Bonchev–Trinajstić information content (AvgIpc) is 2.24. The Hall–Kier alpha value is -1.30. The van der Waals surface area contributed by atoms with Crippen molar-refractivity contribution in [3.05, 3.63) is 40.9 Å². The third kappa shape index (κ3) is 3.10. The number of rotatable bonds is 2. The van der Waals surface area contributed by atoms with Gasteiger partial charge in [0.1, 0.15) is 0 Å². The van der Waals surface area contributed by atoms with Crippen LogP contribution < -0.4 is 16.8 Å². The summed E-state index contributed by atoms with van der Waals surface area (Å²) >= 11 is 11.9. The van der Waals surface area contributed by atoms with Crippen molar-refractivity contribution in [3.63, 3.8) is 0 Å². The summed E-state index contributed by atoms with van der Waals surface area (Å²) in [6, 6.07) is 5.17. The Bertz CT molecular complexity index is 438. The van der Waals surface area contributed by atoms with Crippen molar-refractivity contribution in [1.29, 1.82) is 0 Å². The Morgan fingerprint density at radius 3 is 2.50 bits per heavy atom. The molecule has 1 rings (SSSR count). The average molecular weight is 260 g/mol. The number of hydrogen-bond donors (Lipinski definition) is 3. The van der Waals surface area contributed by atoms with Crippen molar-refractivity contribution >= 4 is 35.0 Å². The van der Waals surface area contributed by atoms with Crippen LogP contribution in [0.4, 0.5) is 0 Å². The molecule has 0 fully saturated rings. The molecule has 16 heavy (non-hydrogen) atoms. The molecule has 0 aliphatic carbocycles. The summed E-state index contributed by atoms with van der Waals surface area (Å²) in [5.41, 5.74) is 11.0. The summed E-state index contributed by atoms with van der Waals surface area (Å²) in [7, 11) is 3.60. The molecule has 0 atom stereocenters. The van der Waals surface area contributed by atoms with Gasteiger partial charge in [-0.25, -0.2) is 0 Å². The molecular weight excluding hydrogens is 249 g/mol. The number of benzene rings is 1. The molecule has 5 nitrogen and oxygen atoms in total. The first kappa shape index (κ1) is 12.8. The molecular formula is C9H11Cl2N5. The van der Waals surface area contributed by atoms with Gasteiger partial charge in [-0.1, -0.05) is 34.4 Å². The Labute approximate surface area is 103 Å². The lowest BCUT2D eigenvalue weighted by Crippen LogP contribution is -2.81. The molecule has 0 bridgehead atoms. The van der Waals surface area contributed by atoms with E-state index >= 15 is 0 Å². The lowest BCUT2D eigenvalue weighted by atomic mass is 10.2. The lowest BCUT2D eigenvalue weighted by Gasteiger charge is -2.06. The zero-order valence-corrected chi connectivity index (χ0v) is 9.83. The lowest BCUT2D eigenvalue weighted by molar-refractivity contribution is -0.469. The molecule has 0 aromatic heterocycles. The molecule has 0 unspecified atom stereocenters. The predicted octanol–water partition coefficient (Wildman–Crippen LogP) is 0.283. The van der Waals surface area contributed by atoms with Gasteiger partial charge >= 0.3 is 0 Å². The van der Waals surface area contributed by atoms with Gasteiger partial charge in [0.05, 0.1) is 15.6 Å². The number of nitrogens with zero attached hydrogens (tertiary/aromatic N) is 2. The highest BCUT2D eigenvalue weighted by Gasteiger charge is 2.11. The zero-order valence-electron chi connectivity index (χ0n) is 8.32. The first-order chi connectivity index (χ1) is 7.56. The van der Waals surface area contributed by atoms with Gasteiger partial charge in [0, 0.05) is 0 Å². The SMILES string of the molecule is [CH2-][NH2+]C(=NN=C(N)N)c1cccc(Cl)c1Cl. The van der Waals surface area contributed by atoms with Gasteiger partial charge in [-0.15, -0.1) is 12.1 Å². The molecule has 0 spiro atoms. The maximum Gasteiger partial charge on any atom is 0.226 e. The van der Waals surface area contributed by atoms with Crippen molar-refractivity contribution in [1.82, 2.24) is 0 Å². The Morgan fingerprint density at radius 2 is 1.94 bits per heavy atom. The fraction of sp³-hybridized carbons (Fsp3) is 0. The first-order valence-electron chi connectivity index (χ1n) is 4.29. The minimum Gasteiger partial charge on any atom is -0.427 e. The van der Waals surface area contributed by atoms with E-state index in [0.717, 1.165) is 0 Å². The summed E-state index contributed by atoms with van der Waals surface area (Å²) in [5, 5.41) is 9.64. The third-order valence-electron chi connectivity index (χ3n) is 1.69. The molecule has 0 heterocycles. The van der Waals surface area contributed by atoms with Gasteiger partial charge in [0.15, 0.2) is 0 Å². The highest BCUT2D eigenvalue weighted by Crippen LogP contribution is 2.24. The van der Waals surface area contributed by atoms with Crippen molar-refractivity contribution in [3.8, 4) is 0 Å². The highest BCUT2D eigenvalue weighted by atomic mass is 35.5. The first-order valence-corrected chi connectivity index (χ1v) is 5.05. The number of quaternary nitrogens is 1. The quantitative estimate of drug-likeness (QED) is 0.308. The van der Waals surface area contributed by atoms with Gasteiger partial charge < -0.3 is 16.8 Å². The van der Waals surface area contributed by atoms with Crippen LogP contribution in [-0.2, 0) is 0 Å². The molecule has 0 amide bonds. The second kappa shape index (κ2) is 5.69. The van der Waals surface area contributed by atoms with E-state index in [1.54, 1.807) is 18.2 Å². The maximum absolute atomic E-state index is 6.01. The van der Waals surface area contributed by atoms with Crippen LogP contribution in [0.1, 0.15) is 5.56 Å². The second-order valence-corrected chi connectivity index (χ2v) is 3.60. The Kier molecular flexibility index (Phi) is 4.54. The maximum atomic E-state index is 6.01. The van der Waals surface area contributed by atoms with E-state index in [1.165, 1.54) is 5.32 Å². The van der Waals surface area contributed by atoms with E-state index in [9.17, 15) is 0 Å². The number of halogens is 2. The van der Waals surface area contributed by atoms with Crippen LogP contribution in [0, 0.1) is 7.05 Å². The zero-order chi connectivity index (χ0) is 12.1. The van der Waals surface area contributed by atoms with E-state index in [1.807, 2.05) is 0 Å². The highest BCUT2D eigenvalue weighted by molar-refractivity contribution is 6.43. The van der Waals surface area contributed by atoms with E-state index in [-0.39, 0.29) is 5.96 Å². The van der Waals surface area contributed by atoms with Gasteiger partial charge in [0.25, 0.3) is 0 Å². The molecule has 86 valence electrons. The Morgan fingerprint density at radius 1 is 1.25 bits per heavy atom. The van der Waals surface area contributed by atoms with Gasteiger partial charge in [-0.3, -0.25) is 0 Å². The predicted molar refractivity (Wildman–Crippen MR) is 66.1 cm³/mol. The molecule has 0 radical (unpaired) electrons. The second-order valence-electron chi connectivity index (χ2n) is 2.82. The Balaban J connectivity index is 3.19. The molecule has 6 N–H and O–H groups in total. The summed E-state index contributed by atoms with van der Waals surface area (Å²) in [6.07, 6.45) is 0. The van der Waals surface area contributed by atoms with Crippen LogP contribution in [0.5, 0.6) is 0 Å². The molecule has 0 saturated carbocycles. The van der Waals surface area contributed by atoms with E-state index in [0.29, 0.717) is 21.4 Å². The van der Waals surface area contributed by atoms with Gasteiger partial charge in [0.2, 0.25) is 11.8 Å². The summed E-state index contributed by atoms with van der Waals surface area (Å²) in [6.45, 7) is 0. The van der Waals surface area contributed by atoms with E-state index < -0.39 is 0 Å². The normalized spacial score (nSPS) is 11.3. The monoisotopic (exact) mass is 259 g/mol. The minimum atomic E-state index is -0.141. The molecule has 1 aromatic carbocycles. The van der Waals surface area contributed by atoms with E-state index in [2.05, 4.69) is 17.3 Å². The van der Waals surface area contributed by atoms with Gasteiger partial charge in [-0.05, 0) is 12.1 Å². The fourth-order valence-electron chi connectivity index (χ4n) is 1.02. The standard InChI is InChI=1S/C9H11Cl2N5/c1-14-8(15-16-9(12)13)5-3-2-4-6(10)7(5)11/h2-4H,1,14H2,(H4,12,13,16).